The fourth-order valence-corrected chi connectivity index (χ4v) is 2.06. The summed E-state index contributed by atoms with van der Waals surface area (Å²) in [6.07, 6.45) is 0.118. The van der Waals surface area contributed by atoms with Crippen LogP contribution < -0.4 is 15.8 Å². The van der Waals surface area contributed by atoms with Gasteiger partial charge in [-0.15, -0.1) is 0 Å². The fourth-order valence-electron chi connectivity index (χ4n) is 1.73. The molecule has 2 aromatic rings. The number of benzene rings is 2. The lowest BCUT2D eigenvalue weighted by Crippen LogP contribution is -2.05. The van der Waals surface area contributed by atoms with Gasteiger partial charge < -0.3 is 15.8 Å². The summed E-state index contributed by atoms with van der Waals surface area (Å²) in [6, 6.07) is 10.5. The van der Waals surface area contributed by atoms with E-state index in [9.17, 15) is 4.39 Å². The van der Waals surface area contributed by atoms with Crippen molar-refractivity contribution in [3.8, 4) is 5.75 Å². The number of halogens is 2. The second-order valence-electron chi connectivity index (χ2n) is 4.64. The molecule has 0 aliphatic heterocycles. The van der Waals surface area contributed by atoms with E-state index in [-0.39, 0.29) is 11.8 Å². The topological polar surface area (TPSA) is 47.3 Å². The molecule has 2 rings (SSSR count). The van der Waals surface area contributed by atoms with Crippen molar-refractivity contribution in [2.24, 2.45) is 0 Å². The van der Waals surface area contributed by atoms with Gasteiger partial charge >= 0.3 is 0 Å². The van der Waals surface area contributed by atoms with Crippen LogP contribution in [-0.4, -0.2) is 6.10 Å². The van der Waals surface area contributed by atoms with Crippen LogP contribution >= 0.6 is 15.9 Å². The molecule has 3 nitrogen and oxygen atoms in total. The van der Waals surface area contributed by atoms with Crippen molar-refractivity contribution < 1.29 is 9.13 Å². The lowest BCUT2D eigenvalue weighted by Gasteiger charge is -2.13. The summed E-state index contributed by atoms with van der Waals surface area (Å²) in [4.78, 5) is 0. The fraction of sp³-hybridized carbons (Fsp3) is 0.200. The van der Waals surface area contributed by atoms with Crippen LogP contribution in [0.5, 0.6) is 5.75 Å². The highest BCUT2D eigenvalue weighted by molar-refractivity contribution is 9.10. The number of nitrogen functional groups attached to an aromatic ring is 1. The summed E-state index contributed by atoms with van der Waals surface area (Å²) >= 11 is 3.14. The molecule has 0 aromatic heterocycles. The zero-order valence-corrected chi connectivity index (χ0v) is 12.9. The first-order valence-electron chi connectivity index (χ1n) is 6.24. The van der Waals surface area contributed by atoms with E-state index in [0.29, 0.717) is 10.2 Å². The van der Waals surface area contributed by atoms with Crippen molar-refractivity contribution in [3.05, 3.63) is 46.7 Å². The quantitative estimate of drug-likeness (QED) is 0.794. The van der Waals surface area contributed by atoms with Crippen molar-refractivity contribution >= 4 is 33.0 Å². The Kier molecular flexibility index (Phi) is 4.49. The van der Waals surface area contributed by atoms with E-state index in [2.05, 4.69) is 21.2 Å². The van der Waals surface area contributed by atoms with E-state index in [1.165, 1.54) is 0 Å². The zero-order valence-electron chi connectivity index (χ0n) is 11.3. The van der Waals surface area contributed by atoms with E-state index in [1.807, 2.05) is 38.1 Å². The van der Waals surface area contributed by atoms with Crippen LogP contribution in [0.1, 0.15) is 13.8 Å². The molecule has 0 amide bonds. The van der Waals surface area contributed by atoms with Gasteiger partial charge in [0.05, 0.1) is 22.0 Å². The van der Waals surface area contributed by atoms with E-state index < -0.39 is 5.82 Å². The highest BCUT2D eigenvalue weighted by Crippen LogP contribution is 2.31. The SMILES string of the molecule is CC(C)Oc1ccc(Nc2c(N)ccc(Br)c2F)cc1. The van der Waals surface area contributed by atoms with E-state index in [4.69, 9.17) is 10.5 Å². The Morgan fingerprint density at radius 3 is 2.40 bits per heavy atom. The van der Waals surface area contributed by atoms with Gasteiger partial charge in [0.15, 0.2) is 5.82 Å². The molecule has 0 heterocycles. The van der Waals surface area contributed by atoms with Gasteiger partial charge in [0.2, 0.25) is 0 Å². The minimum Gasteiger partial charge on any atom is -0.491 e. The van der Waals surface area contributed by atoms with Crippen molar-refractivity contribution in [3.63, 3.8) is 0 Å². The first kappa shape index (κ1) is 14.7. The number of ether oxygens (including phenoxy) is 1. The molecule has 0 atom stereocenters. The van der Waals surface area contributed by atoms with Crippen LogP contribution in [-0.2, 0) is 0 Å². The molecule has 0 radical (unpaired) electrons. The van der Waals surface area contributed by atoms with Gasteiger partial charge in [-0.05, 0) is 66.2 Å². The summed E-state index contributed by atoms with van der Waals surface area (Å²) in [5, 5.41) is 2.98. The lowest BCUT2D eigenvalue weighted by atomic mass is 10.2. The predicted molar refractivity (Wildman–Crippen MR) is 84.0 cm³/mol. The molecule has 0 bridgehead atoms. The van der Waals surface area contributed by atoms with Gasteiger partial charge in [-0.2, -0.15) is 0 Å². The second kappa shape index (κ2) is 6.13. The maximum Gasteiger partial charge on any atom is 0.162 e. The zero-order chi connectivity index (χ0) is 14.7. The molecular formula is C15H16BrFN2O. The molecule has 0 unspecified atom stereocenters. The van der Waals surface area contributed by atoms with E-state index >= 15 is 0 Å². The third-order valence-electron chi connectivity index (χ3n) is 2.62. The first-order chi connectivity index (χ1) is 9.47. The van der Waals surface area contributed by atoms with Crippen molar-refractivity contribution in [2.45, 2.75) is 20.0 Å². The molecule has 2 aromatic carbocycles. The maximum atomic E-state index is 14.0. The smallest absolute Gasteiger partial charge is 0.162 e. The largest absolute Gasteiger partial charge is 0.491 e. The molecule has 3 N–H and O–H groups in total. The van der Waals surface area contributed by atoms with Crippen LogP contribution in [0, 0.1) is 5.82 Å². The lowest BCUT2D eigenvalue weighted by molar-refractivity contribution is 0.242. The monoisotopic (exact) mass is 338 g/mol. The minimum absolute atomic E-state index is 0.118. The minimum atomic E-state index is -0.410. The van der Waals surface area contributed by atoms with Crippen molar-refractivity contribution in [1.82, 2.24) is 0 Å². The standard InChI is InChI=1S/C15H16BrFN2O/c1-9(2)20-11-5-3-10(4-6-11)19-15-13(18)8-7-12(16)14(15)17/h3-9,19H,18H2,1-2H3. The number of hydrogen-bond donors (Lipinski definition) is 2. The Bertz CT molecular complexity index is 600. The van der Waals surface area contributed by atoms with Gasteiger partial charge in [0.1, 0.15) is 5.75 Å². The highest BCUT2D eigenvalue weighted by atomic mass is 79.9. The predicted octanol–water partition coefficient (Wildman–Crippen LogP) is 4.70. The van der Waals surface area contributed by atoms with Crippen molar-refractivity contribution in [1.29, 1.82) is 0 Å². The molecule has 0 saturated heterocycles. The number of anilines is 3. The van der Waals surface area contributed by atoms with Crippen LogP contribution in [0.15, 0.2) is 40.9 Å². The molecule has 0 spiro atoms. The molecule has 106 valence electrons. The number of rotatable bonds is 4. The molecule has 0 aliphatic carbocycles. The Morgan fingerprint density at radius 2 is 1.80 bits per heavy atom. The van der Waals surface area contributed by atoms with Crippen LogP contribution in [0.3, 0.4) is 0 Å². The normalized spacial score (nSPS) is 10.7. The molecule has 5 heteroatoms. The molecule has 0 fully saturated rings. The maximum absolute atomic E-state index is 14.0. The van der Waals surface area contributed by atoms with Gasteiger partial charge in [0.25, 0.3) is 0 Å². The Hall–Kier alpha value is -1.75. The summed E-state index contributed by atoms with van der Waals surface area (Å²) in [5.41, 5.74) is 7.14. The average Bonchev–Trinajstić information content (AvgIpc) is 2.40. The Balaban J connectivity index is 2.20. The van der Waals surface area contributed by atoms with Crippen LogP contribution in [0.2, 0.25) is 0 Å². The summed E-state index contributed by atoms with van der Waals surface area (Å²) in [6.45, 7) is 3.92. The Labute approximate surface area is 126 Å². The van der Waals surface area contributed by atoms with Crippen molar-refractivity contribution in [2.75, 3.05) is 11.1 Å². The van der Waals surface area contributed by atoms with Gasteiger partial charge in [-0.3, -0.25) is 0 Å². The summed E-state index contributed by atoms with van der Waals surface area (Å²) in [7, 11) is 0. The average molecular weight is 339 g/mol. The number of hydrogen-bond acceptors (Lipinski definition) is 3. The van der Waals surface area contributed by atoms with E-state index in [1.54, 1.807) is 12.1 Å². The third-order valence-corrected chi connectivity index (χ3v) is 3.23. The molecule has 0 saturated carbocycles. The van der Waals surface area contributed by atoms with Crippen LogP contribution in [0.25, 0.3) is 0 Å². The van der Waals surface area contributed by atoms with E-state index in [0.717, 1.165) is 11.4 Å². The van der Waals surface area contributed by atoms with Gasteiger partial charge in [-0.1, -0.05) is 0 Å². The van der Waals surface area contributed by atoms with Gasteiger partial charge in [0, 0.05) is 5.69 Å². The second-order valence-corrected chi connectivity index (χ2v) is 5.50. The highest BCUT2D eigenvalue weighted by Gasteiger charge is 2.10. The first-order valence-corrected chi connectivity index (χ1v) is 7.04. The molecular weight excluding hydrogens is 323 g/mol. The van der Waals surface area contributed by atoms with Gasteiger partial charge in [-0.25, -0.2) is 4.39 Å². The number of nitrogens with two attached hydrogens (primary N) is 1. The third kappa shape index (κ3) is 3.42. The summed E-state index contributed by atoms with van der Waals surface area (Å²) < 4.78 is 19.9. The summed E-state index contributed by atoms with van der Waals surface area (Å²) in [5.74, 6) is 0.362. The molecule has 20 heavy (non-hydrogen) atoms. The van der Waals surface area contributed by atoms with Crippen LogP contribution in [0.4, 0.5) is 21.5 Å². The Morgan fingerprint density at radius 1 is 1.15 bits per heavy atom. The number of nitrogens with one attached hydrogen (secondary N) is 1. The molecule has 0 aliphatic rings.